The van der Waals surface area contributed by atoms with Crippen LogP contribution in [0.25, 0.3) is 0 Å². The van der Waals surface area contributed by atoms with Crippen LogP contribution in [0.1, 0.15) is 46.5 Å². The standard InChI is InChI=1S/C13H26N2O.C2H6/c1-13(5-7-15(2)8-6-13)11-14-12-3-9-16-10-4-12;1-2/h12,14H,3-11H2,1-2H3;1-2H3. The van der Waals surface area contributed by atoms with Gasteiger partial charge in [-0.25, -0.2) is 0 Å². The monoisotopic (exact) mass is 256 g/mol. The smallest absolute Gasteiger partial charge is 0.0480 e. The number of piperidine rings is 1. The zero-order chi connectivity index (χ0) is 13.4. The first-order chi connectivity index (χ1) is 8.68. The van der Waals surface area contributed by atoms with Crippen molar-refractivity contribution >= 4 is 0 Å². The second-order valence-electron chi connectivity index (χ2n) is 5.88. The van der Waals surface area contributed by atoms with Crippen LogP contribution in [-0.2, 0) is 4.74 Å². The summed E-state index contributed by atoms with van der Waals surface area (Å²) in [7, 11) is 2.23. The highest BCUT2D eigenvalue weighted by Gasteiger charge is 2.29. The number of likely N-dealkylation sites (tertiary alicyclic amines) is 1. The van der Waals surface area contributed by atoms with Crippen molar-refractivity contribution in [2.75, 3.05) is 39.9 Å². The lowest BCUT2D eigenvalue weighted by Crippen LogP contribution is -2.45. The normalized spacial score (nSPS) is 25.3. The Morgan fingerprint density at radius 3 is 2.28 bits per heavy atom. The van der Waals surface area contributed by atoms with Gasteiger partial charge in [-0.2, -0.15) is 0 Å². The number of nitrogens with zero attached hydrogens (tertiary/aromatic N) is 1. The quantitative estimate of drug-likeness (QED) is 0.840. The molecule has 108 valence electrons. The van der Waals surface area contributed by atoms with Crippen LogP contribution in [0.4, 0.5) is 0 Å². The van der Waals surface area contributed by atoms with Crippen molar-refractivity contribution < 1.29 is 4.74 Å². The van der Waals surface area contributed by atoms with Gasteiger partial charge in [0.2, 0.25) is 0 Å². The summed E-state index contributed by atoms with van der Waals surface area (Å²) < 4.78 is 5.38. The lowest BCUT2D eigenvalue weighted by molar-refractivity contribution is 0.0692. The molecule has 0 spiro atoms. The molecule has 2 saturated heterocycles. The van der Waals surface area contributed by atoms with E-state index in [0.717, 1.165) is 13.2 Å². The first-order valence-corrected chi connectivity index (χ1v) is 7.68. The van der Waals surface area contributed by atoms with Crippen molar-refractivity contribution in [3.8, 4) is 0 Å². The van der Waals surface area contributed by atoms with Crippen molar-refractivity contribution in [1.29, 1.82) is 0 Å². The Bertz CT molecular complexity index is 207. The zero-order valence-corrected chi connectivity index (χ0v) is 12.8. The number of hydrogen-bond acceptors (Lipinski definition) is 3. The maximum absolute atomic E-state index is 5.38. The number of nitrogens with one attached hydrogen (secondary N) is 1. The summed E-state index contributed by atoms with van der Waals surface area (Å²) in [6, 6.07) is 0.699. The van der Waals surface area contributed by atoms with Gasteiger partial charge in [0.1, 0.15) is 0 Å². The van der Waals surface area contributed by atoms with E-state index in [2.05, 4.69) is 24.2 Å². The third-order valence-corrected chi connectivity index (χ3v) is 4.23. The zero-order valence-electron chi connectivity index (χ0n) is 12.8. The van der Waals surface area contributed by atoms with Gasteiger partial charge >= 0.3 is 0 Å². The number of rotatable bonds is 3. The molecule has 2 heterocycles. The molecule has 18 heavy (non-hydrogen) atoms. The summed E-state index contributed by atoms with van der Waals surface area (Å²) in [6.07, 6.45) is 5.05. The van der Waals surface area contributed by atoms with Crippen LogP contribution in [0.5, 0.6) is 0 Å². The van der Waals surface area contributed by atoms with E-state index in [1.165, 1.54) is 45.3 Å². The van der Waals surface area contributed by atoms with Crippen molar-refractivity contribution in [3.63, 3.8) is 0 Å². The fourth-order valence-electron chi connectivity index (χ4n) is 2.63. The molecule has 0 aromatic carbocycles. The van der Waals surface area contributed by atoms with Gasteiger partial charge in [-0.05, 0) is 51.2 Å². The third kappa shape index (κ3) is 5.25. The molecule has 0 bridgehead atoms. The molecule has 0 amide bonds. The lowest BCUT2D eigenvalue weighted by atomic mass is 9.80. The molecule has 3 heteroatoms. The Labute approximate surface area is 113 Å². The molecule has 0 radical (unpaired) electrons. The average molecular weight is 256 g/mol. The molecule has 0 aromatic rings. The second kappa shape index (κ2) is 8.13. The summed E-state index contributed by atoms with van der Waals surface area (Å²) in [4.78, 5) is 2.44. The maximum atomic E-state index is 5.38. The highest BCUT2D eigenvalue weighted by molar-refractivity contribution is 4.85. The van der Waals surface area contributed by atoms with Crippen LogP contribution in [0.3, 0.4) is 0 Å². The molecule has 0 saturated carbocycles. The van der Waals surface area contributed by atoms with E-state index in [1.54, 1.807) is 0 Å². The van der Waals surface area contributed by atoms with Gasteiger partial charge in [0.05, 0.1) is 0 Å². The topological polar surface area (TPSA) is 24.5 Å². The minimum Gasteiger partial charge on any atom is -0.381 e. The molecule has 0 unspecified atom stereocenters. The highest BCUT2D eigenvalue weighted by atomic mass is 16.5. The fourth-order valence-corrected chi connectivity index (χ4v) is 2.63. The molecule has 2 aliphatic rings. The molecule has 2 rings (SSSR count). The highest BCUT2D eigenvalue weighted by Crippen LogP contribution is 2.29. The maximum Gasteiger partial charge on any atom is 0.0480 e. The Hall–Kier alpha value is -0.120. The minimum absolute atomic E-state index is 0.519. The van der Waals surface area contributed by atoms with Gasteiger partial charge in [-0.15, -0.1) is 0 Å². The molecule has 0 atom stereocenters. The molecular formula is C15H32N2O. The summed E-state index contributed by atoms with van der Waals surface area (Å²) in [5.74, 6) is 0. The van der Waals surface area contributed by atoms with Gasteiger partial charge in [-0.3, -0.25) is 0 Å². The van der Waals surface area contributed by atoms with E-state index >= 15 is 0 Å². The molecule has 0 aliphatic carbocycles. The predicted octanol–water partition coefficient (Wildman–Crippen LogP) is 2.51. The van der Waals surface area contributed by atoms with Crippen LogP contribution in [-0.4, -0.2) is 50.8 Å². The van der Waals surface area contributed by atoms with E-state index < -0.39 is 0 Å². The summed E-state index contributed by atoms with van der Waals surface area (Å²) in [6.45, 7) is 12.0. The van der Waals surface area contributed by atoms with Crippen LogP contribution < -0.4 is 5.32 Å². The van der Waals surface area contributed by atoms with Crippen molar-refractivity contribution in [1.82, 2.24) is 10.2 Å². The lowest BCUT2D eigenvalue weighted by Gasteiger charge is -2.39. The van der Waals surface area contributed by atoms with E-state index in [0.29, 0.717) is 11.5 Å². The van der Waals surface area contributed by atoms with Gasteiger partial charge in [0.15, 0.2) is 0 Å². The Kier molecular flexibility index (Phi) is 7.20. The number of ether oxygens (including phenoxy) is 1. The van der Waals surface area contributed by atoms with E-state index in [-0.39, 0.29) is 0 Å². The molecule has 2 fully saturated rings. The van der Waals surface area contributed by atoms with Crippen LogP contribution in [0, 0.1) is 5.41 Å². The Balaban J connectivity index is 0.000000771. The minimum atomic E-state index is 0.519. The van der Waals surface area contributed by atoms with Gasteiger partial charge < -0.3 is 15.0 Å². The SMILES string of the molecule is CC.CN1CCC(C)(CNC2CCOCC2)CC1. The summed E-state index contributed by atoms with van der Waals surface area (Å²) in [5.41, 5.74) is 0.519. The Morgan fingerprint density at radius 2 is 1.72 bits per heavy atom. The molecule has 3 nitrogen and oxygen atoms in total. The van der Waals surface area contributed by atoms with Gasteiger partial charge in [0.25, 0.3) is 0 Å². The Morgan fingerprint density at radius 1 is 1.17 bits per heavy atom. The van der Waals surface area contributed by atoms with E-state index in [4.69, 9.17) is 4.74 Å². The molecule has 1 N–H and O–H groups in total. The van der Waals surface area contributed by atoms with Crippen LogP contribution >= 0.6 is 0 Å². The first-order valence-electron chi connectivity index (χ1n) is 7.68. The fraction of sp³-hybridized carbons (Fsp3) is 1.00. The largest absolute Gasteiger partial charge is 0.381 e. The molecule has 0 aromatic heterocycles. The molecule has 2 aliphatic heterocycles. The average Bonchev–Trinajstić information content (AvgIpc) is 2.44. The van der Waals surface area contributed by atoms with Crippen LogP contribution in [0.2, 0.25) is 0 Å². The predicted molar refractivity (Wildman–Crippen MR) is 78.0 cm³/mol. The second-order valence-corrected chi connectivity index (χ2v) is 5.88. The third-order valence-electron chi connectivity index (χ3n) is 4.23. The van der Waals surface area contributed by atoms with Gasteiger partial charge in [-0.1, -0.05) is 20.8 Å². The molecular weight excluding hydrogens is 224 g/mol. The van der Waals surface area contributed by atoms with Crippen molar-refractivity contribution in [2.45, 2.75) is 52.5 Å². The summed E-state index contributed by atoms with van der Waals surface area (Å²) in [5, 5.41) is 3.75. The van der Waals surface area contributed by atoms with Crippen molar-refractivity contribution in [3.05, 3.63) is 0 Å². The van der Waals surface area contributed by atoms with Gasteiger partial charge in [0, 0.05) is 25.8 Å². The van der Waals surface area contributed by atoms with E-state index in [1.807, 2.05) is 13.8 Å². The van der Waals surface area contributed by atoms with Crippen LogP contribution in [0.15, 0.2) is 0 Å². The van der Waals surface area contributed by atoms with Crippen molar-refractivity contribution in [2.24, 2.45) is 5.41 Å². The van der Waals surface area contributed by atoms with E-state index in [9.17, 15) is 0 Å². The first kappa shape index (κ1) is 15.9. The number of hydrogen-bond donors (Lipinski definition) is 1. The summed E-state index contributed by atoms with van der Waals surface area (Å²) >= 11 is 0.